The molecule has 2 N–H and O–H groups in total. The van der Waals surface area contributed by atoms with Crippen molar-refractivity contribution in [2.24, 2.45) is 0 Å². The lowest BCUT2D eigenvalue weighted by atomic mass is 10.0. The van der Waals surface area contributed by atoms with E-state index in [1.54, 1.807) is 18.2 Å². The van der Waals surface area contributed by atoms with Crippen molar-refractivity contribution in [2.45, 2.75) is 11.3 Å². The molecule has 3 aromatic rings. The molecule has 0 bridgehead atoms. The van der Waals surface area contributed by atoms with Crippen LogP contribution in [0.4, 0.5) is 10.5 Å². The maximum atomic E-state index is 13.2. The Morgan fingerprint density at radius 2 is 1.71 bits per heavy atom. The summed E-state index contributed by atoms with van der Waals surface area (Å²) in [6.07, 6.45) is 2.95. The number of carbonyl (C=O) groups is 3. The van der Waals surface area contributed by atoms with E-state index < -0.39 is 28.0 Å². The molecule has 1 saturated heterocycles. The molecule has 4 rings (SSSR count). The van der Waals surface area contributed by atoms with Gasteiger partial charge in [0.15, 0.2) is 11.5 Å². The van der Waals surface area contributed by atoms with E-state index >= 15 is 0 Å². The van der Waals surface area contributed by atoms with Crippen molar-refractivity contribution in [3.8, 4) is 17.2 Å². The Morgan fingerprint density at radius 1 is 1.03 bits per heavy atom. The van der Waals surface area contributed by atoms with Gasteiger partial charge in [0.1, 0.15) is 16.2 Å². The molecule has 1 fully saturated rings. The van der Waals surface area contributed by atoms with Gasteiger partial charge in [-0.1, -0.05) is 24.3 Å². The lowest BCUT2D eigenvalue weighted by Crippen LogP contribution is -2.54. The van der Waals surface area contributed by atoms with Crippen LogP contribution >= 0.6 is 0 Å². The second-order valence-electron chi connectivity index (χ2n) is 8.03. The van der Waals surface area contributed by atoms with Gasteiger partial charge in [-0.25, -0.2) is 9.69 Å². The van der Waals surface area contributed by atoms with E-state index in [4.69, 9.17) is 8.92 Å². The van der Waals surface area contributed by atoms with Gasteiger partial charge >= 0.3 is 16.1 Å². The molecule has 4 amide bonds. The molecule has 10 nitrogen and oxygen atoms in total. The highest BCUT2D eigenvalue weighted by atomic mass is 32.2. The summed E-state index contributed by atoms with van der Waals surface area (Å²) in [5, 5.41) is 11.6. The van der Waals surface area contributed by atoms with Crippen molar-refractivity contribution in [1.82, 2.24) is 5.32 Å². The van der Waals surface area contributed by atoms with E-state index in [1.165, 1.54) is 67.8 Å². The van der Waals surface area contributed by atoms with Crippen LogP contribution < -0.4 is 19.1 Å². The van der Waals surface area contributed by atoms with Gasteiger partial charge in [0.2, 0.25) is 0 Å². The summed E-state index contributed by atoms with van der Waals surface area (Å²) in [5.74, 6) is -1.90. The highest BCUT2D eigenvalue weighted by molar-refractivity contribution is 7.87. The summed E-state index contributed by atoms with van der Waals surface area (Å²) in [4.78, 5) is 38.9. The van der Waals surface area contributed by atoms with E-state index in [0.717, 1.165) is 4.90 Å². The third kappa shape index (κ3) is 5.27. The molecule has 0 radical (unpaired) electrons. The zero-order valence-electron chi connectivity index (χ0n) is 20.1. The Kier molecular flexibility index (Phi) is 7.31. The number of anilines is 1. The van der Waals surface area contributed by atoms with E-state index in [-0.39, 0.29) is 39.8 Å². The number of barbiturate groups is 1. The molecular formula is C27H22N2O8S. The standard InChI is InChI=1S/C27H22N2O8S/c1-3-7-18-14-17(16-23(36-2)24(18)37-38(34,35)21-8-5-4-6-9-21)15-22-25(31)28-27(33)29(26(22)32)19-10-12-20(30)13-11-19/h3-6,8-16,30H,1,7H2,2H3,(H,28,31,33)/b22-15+. The quantitative estimate of drug-likeness (QED) is 0.194. The molecule has 194 valence electrons. The molecule has 3 aromatic carbocycles. The first kappa shape index (κ1) is 26.2. The van der Waals surface area contributed by atoms with Crippen molar-refractivity contribution < 1.29 is 36.8 Å². The summed E-state index contributed by atoms with van der Waals surface area (Å²) in [7, 11) is -2.89. The van der Waals surface area contributed by atoms with Crippen LogP contribution in [-0.2, 0) is 26.1 Å². The van der Waals surface area contributed by atoms with Crippen molar-refractivity contribution >= 4 is 39.7 Å². The Hall–Kier alpha value is -4.90. The number of urea groups is 1. The van der Waals surface area contributed by atoms with E-state index in [2.05, 4.69) is 11.9 Å². The van der Waals surface area contributed by atoms with E-state index in [1.807, 2.05) is 0 Å². The summed E-state index contributed by atoms with van der Waals surface area (Å²) in [5.41, 5.74) is 0.459. The van der Waals surface area contributed by atoms with Gasteiger partial charge in [0.25, 0.3) is 11.8 Å². The van der Waals surface area contributed by atoms with Crippen LogP contribution in [0.15, 0.2) is 89.9 Å². The Balaban J connectivity index is 1.76. The number of hydrogen-bond donors (Lipinski definition) is 2. The van der Waals surface area contributed by atoms with Crippen LogP contribution in [0.25, 0.3) is 6.08 Å². The molecule has 0 atom stereocenters. The number of rotatable bonds is 8. The first-order chi connectivity index (χ1) is 18.1. The second-order valence-corrected chi connectivity index (χ2v) is 9.58. The maximum absolute atomic E-state index is 13.2. The number of hydrogen-bond acceptors (Lipinski definition) is 8. The number of allylic oxidation sites excluding steroid dienone is 1. The maximum Gasteiger partial charge on any atom is 0.339 e. The SMILES string of the molecule is C=CCc1cc(/C=C2\C(=O)NC(=O)N(c3ccc(O)cc3)C2=O)cc(OC)c1OS(=O)(=O)c1ccccc1. The number of amides is 4. The van der Waals surface area contributed by atoms with Crippen LogP contribution in [0.2, 0.25) is 0 Å². The molecule has 0 spiro atoms. The van der Waals surface area contributed by atoms with Crippen molar-refractivity contribution in [1.29, 1.82) is 0 Å². The number of phenolic OH excluding ortho intramolecular Hbond substituents is 1. The van der Waals surface area contributed by atoms with Crippen molar-refractivity contribution in [3.63, 3.8) is 0 Å². The van der Waals surface area contributed by atoms with Crippen LogP contribution in [0.1, 0.15) is 11.1 Å². The lowest BCUT2D eigenvalue weighted by molar-refractivity contribution is -0.122. The highest BCUT2D eigenvalue weighted by Crippen LogP contribution is 2.36. The van der Waals surface area contributed by atoms with E-state index in [0.29, 0.717) is 11.1 Å². The van der Waals surface area contributed by atoms with Crippen LogP contribution in [0.5, 0.6) is 17.2 Å². The first-order valence-corrected chi connectivity index (χ1v) is 12.6. The number of ether oxygens (including phenoxy) is 1. The van der Waals surface area contributed by atoms with Gasteiger partial charge in [0, 0.05) is 5.56 Å². The minimum absolute atomic E-state index is 0.0332. The highest BCUT2D eigenvalue weighted by Gasteiger charge is 2.37. The molecule has 11 heteroatoms. The fourth-order valence-corrected chi connectivity index (χ4v) is 4.72. The number of aromatic hydroxyl groups is 1. The smallest absolute Gasteiger partial charge is 0.339 e. The Labute approximate surface area is 218 Å². The molecule has 0 saturated carbocycles. The fraction of sp³-hybridized carbons (Fsp3) is 0.0741. The monoisotopic (exact) mass is 534 g/mol. The van der Waals surface area contributed by atoms with Gasteiger partial charge in [-0.2, -0.15) is 8.42 Å². The molecule has 0 aromatic heterocycles. The number of nitrogens with zero attached hydrogens (tertiary/aromatic N) is 1. The second kappa shape index (κ2) is 10.6. The lowest BCUT2D eigenvalue weighted by Gasteiger charge is -2.26. The molecule has 1 aliphatic heterocycles. The van der Waals surface area contributed by atoms with E-state index in [9.17, 15) is 27.9 Å². The molecule has 1 aliphatic rings. The third-order valence-corrected chi connectivity index (χ3v) is 6.72. The normalized spacial score (nSPS) is 14.8. The van der Waals surface area contributed by atoms with Crippen molar-refractivity contribution in [3.05, 3.63) is 96.1 Å². The molecular weight excluding hydrogens is 512 g/mol. The predicted molar refractivity (Wildman–Crippen MR) is 138 cm³/mol. The summed E-state index contributed by atoms with van der Waals surface area (Å²) in [6, 6.07) is 14.9. The number of nitrogens with one attached hydrogen (secondary N) is 1. The zero-order chi connectivity index (χ0) is 27.4. The average molecular weight is 535 g/mol. The predicted octanol–water partition coefficient (Wildman–Crippen LogP) is 3.56. The van der Waals surface area contributed by atoms with Gasteiger partial charge in [-0.05, 0) is 66.6 Å². The minimum Gasteiger partial charge on any atom is -0.508 e. The topological polar surface area (TPSA) is 139 Å². The number of carbonyl (C=O) groups excluding carboxylic acids is 3. The minimum atomic E-state index is -4.20. The summed E-state index contributed by atoms with van der Waals surface area (Å²) >= 11 is 0. The van der Waals surface area contributed by atoms with Crippen LogP contribution in [-0.4, -0.2) is 38.5 Å². The molecule has 0 aliphatic carbocycles. The van der Waals surface area contributed by atoms with Crippen LogP contribution in [0.3, 0.4) is 0 Å². The molecule has 1 heterocycles. The van der Waals surface area contributed by atoms with Gasteiger partial charge in [-0.15, -0.1) is 6.58 Å². The number of methoxy groups -OCH3 is 1. The average Bonchev–Trinajstić information content (AvgIpc) is 2.89. The number of imide groups is 2. The third-order valence-electron chi connectivity index (χ3n) is 5.48. The van der Waals surface area contributed by atoms with Crippen molar-refractivity contribution in [2.75, 3.05) is 12.0 Å². The van der Waals surface area contributed by atoms with Gasteiger partial charge in [0.05, 0.1) is 12.8 Å². The Morgan fingerprint density at radius 3 is 2.34 bits per heavy atom. The first-order valence-electron chi connectivity index (χ1n) is 11.2. The number of benzene rings is 3. The summed E-state index contributed by atoms with van der Waals surface area (Å²) < 4.78 is 36.6. The van der Waals surface area contributed by atoms with Gasteiger partial charge in [-0.3, -0.25) is 14.9 Å². The molecule has 38 heavy (non-hydrogen) atoms. The fourth-order valence-electron chi connectivity index (χ4n) is 3.73. The number of phenols is 1. The zero-order valence-corrected chi connectivity index (χ0v) is 20.9. The largest absolute Gasteiger partial charge is 0.508 e. The summed E-state index contributed by atoms with van der Waals surface area (Å²) in [6.45, 7) is 3.69. The van der Waals surface area contributed by atoms with Crippen LogP contribution in [0, 0.1) is 0 Å². The molecule has 0 unspecified atom stereocenters. The Bertz CT molecular complexity index is 1560. The van der Waals surface area contributed by atoms with Gasteiger partial charge < -0.3 is 14.0 Å².